The zero-order valence-electron chi connectivity index (χ0n) is 15.4. The summed E-state index contributed by atoms with van der Waals surface area (Å²) in [5.41, 5.74) is 2.61. The van der Waals surface area contributed by atoms with Gasteiger partial charge >= 0.3 is 0 Å². The minimum Gasteiger partial charge on any atom is -0.374 e. The van der Waals surface area contributed by atoms with E-state index in [0.717, 1.165) is 18.8 Å². The van der Waals surface area contributed by atoms with Crippen LogP contribution in [0.3, 0.4) is 0 Å². The first kappa shape index (κ1) is 18.7. The van der Waals surface area contributed by atoms with Gasteiger partial charge in [-0.1, -0.05) is 0 Å². The molecule has 1 aliphatic rings. The lowest BCUT2D eigenvalue weighted by molar-refractivity contribution is -0.384. The molecule has 0 unspecified atom stereocenters. The number of carbonyl (C=O) groups excluding carboxylic acids is 1. The van der Waals surface area contributed by atoms with Crippen LogP contribution in [-0.4, -0.2) is 30.0 Å². The Morgan fingerprint density at radius 3 is 2.19 bits per heavy atom. The molecule has 1 aliphatic heterocycles. The fourth-order valence-corrected chi connectivity index (χ4v) is 3.15. The second-order valence-corrected chi connectivity index (χ2v) is 6.75. The quantitative estimate of drug-likeness (QED) is 0.594. The molecule has 0 bridgehead atoms. The Morgan fingerprint density at radius 2 is 1.59 bits per heavy atom. The first-order valence-electron chi connectivity index (χ1n) is 9.20. The Morgan fingerprint density at radius 1 is 1.00 bits per heavy atom. The van der Waals surface area contributed by atoms with Gasteiger partial charge in [-0.15, -0.1) is 0 Å². The van der Waals surface area contributed by atoms with Gasteiger partial charge in [-0.25, -0.2) is 0 Å². The van der Waals surface area contributed by atoms with E-state index >= 15 is 0 Å². The van der Waals surface area contributed by atoms with E-state index in [2.05, 4.69) is 27.7 Å². The minimum absolute atomic E-state index is 0.00651. The molecule has 1 atom stereocenters. The van der Waals surface area contributed by atoms with Gasteiger partial charge in [0.1, 0.15) is 6.04 Å². The third kappa shape index (κ3) is 4.97. The number of anilines is 3. The third-order valence-corrected chi connectivity index (χ3v) is 4.71. The lowest BCUT2D eigenvalue weighted by Crippen LogP contribution is -2.32. The molecule has 142 valence electrons. The fraction of sp³-hybridized carbons (Fsp3) is 0.350. The number of nitro benzene ring substituents is 1. The summed E-state index contributed by atoms with van der Waals surface area (Å²) in [5, 5.41) is 16.6. The minimum atomic E-state index is -0.469. The summed E-state index contributed by atoms with van der Waals surface area (Å²) in [6.07, 6.45) is 3.78. The Labute approximate surface area is 158 Å². The maximum absolute atomic E-state index is 12.3. The average molecular weight is 368 g/mol. The van der Waals surface area contributed by atoms with Crippen LogP contribution in [0, 0.1) is 10.1 Å². The Bertz CT molecular complexity index is 784. The summed E-state index contributed by atoms with van der Waals surface area (Å²) >= 11 is 0. The molecule has 27 heavy (non-hydrogen) atoms. The third-order valence-electron chi connectivity index (χ3n) is 4.71. The number of non-ortho nitro benzene ring substituents is 1. The van der Waals surface area contributed by atoms with Crippen LogP contribution in [0.25, 0.3) is 0 Å². The van der Waals surface area contributed by atoms with Gasteiger partial charge in [0.05, 0.1) is 4.92 Å². The highest BCUT2D eigenvalue weighted by Gasteiger charge is 2.15. The Balaban J connectivity index is 1.55. The van der Waals surface area contributed by atoms with E-state index in [-0.39, 0.29) is 11.6 Å². The van der Waals surface area contributed by atoms with E-state index < -0.39 is 11.0 Å². The van der Waals surface area contributed by atoms with Crippen molar-refractivity contribution in [2.45, 2.75) is 32.2 Å². The van der Waals surface area contributed by atoms with Crippen LogP contribution in [-0.2, 0) is 4.79 Å². The van der Waals surface area contributed by atoms with Gasteiger partial charge in [0.2, 0.25) is 5.91 Å². The highest BCUT2D eigenvalue weighted by atomic mass is 16.6. The van der Waals surface area contributed by atoms with Gasteiger partial charge in [0, 0.05) is 42.3 Å². The van der Waals surface area contributed by atoms with E-state index in [1.54, 1.807) is 6.92 Å². The number of hydrogen-bond acceptors (Lipinski definition) is 5. The molecule has 7 heteroatoms. The first-order valence-corrected chi connectivity index (χ1v) is 9.20. The second-order valence-electron chi connectivity index (χ2n) is 6.75. The summed E-state index contributed by atoms with van der Waals surface area (Å²) in [6.45, 7) is 3.97. The SMILES string of the molecule is C[C@@H](Nc1ccc(N2CCCCC2)cc1)C(=O)Nc1ccc([N+](=O)[O-])cc1. The smallest absolute Gasteiger partial charge is 0.269 e. The summed E-state index contributed by atoms with van der Waals surface area (Å²) in [4.78, 5) is 24.9. The molecule has 2 N–H and O–H groups in total. The molecule has 3 rings (SSSR count). The van der Waals surface area contributed by atoms with E-state index in [9.17, 15) is 14.9 Å². The van der Waals surface area contributed by atoms with Crippen LogP contribution in [0.1, 0.15) is 26.2 Å². The van der Waals surface area contributed by atoms with Crippen molar-refractivity contribution in [3.8, 4) is 0 Å². The van der Waals surface area contributed by atoms with Gasteiger partial charge in [-0.3, -0.25) is 14.9 Å². The largest absolute Gasteiger partial charge is 0.374 e. The second kappa shape index (κ2) is 8.53. The number of nitrogens with zero attached hydrogens (tertiary/aromatic N) is 2. The van der Waals surface area contributed by atoms with E-state index in [4.69, 9.17) is 0 Å². The number of rotatable bonds is 6. The predicted octanol–water partition coefficient (Wildman–Crippen LogP) is 4.02. The highest BCUT2D eigenvalue weighted by molar-refractivity contribution is 5.96. The van der Waals surface area contributed by atoms with Crippen molar-refractivity contribution in [1.29, 1.82) is 0 Å². The molecule has 2 aromatic carbocycles. The van der Waals surface area contributed by atoms with E-state index in [1.165, 1.54) is 49.2 Å². The lowest BCUT2D eigenvalue weighted by atomic mass is 10.1. The summed E-state index contributed by atoms with van der Waals surface area (Å²) in [7, 11) is 0. The molecule has 0 aliphatic carbocycles. The number of carbonyl (C=O) groups is 1. The fourth-order valence-electron chi connectivity index (χ4n) is 3.15. The first-order chi connectivity index (χ1) is 13.0. The Kier molecular flexibility index (Phi) is 5.90. The maximum atomic E-state index is 12.3. The molecule has 1 saturated heterocycles. The molecule has 2 aromatic rings. The molecule has 1 amide bonds. The van der Waals surface area contributed by atoms with E-state index in [0.29, 0.717) is 5.69 Å². The van der Waals surface area contributed by atoms with Gasteiger partial charge in [-0.05, 0) is 62.6 Å². The monoisotopic (exact) mass is 368 g/mol. The number of piperidine rings is 1. The summed E-state index contributed by atoms with van der Waals surface area (Å²) in [6, 6.07) is 13.5. The molecule has 0 spiro atoms. The number of hydrogen-bond donors (Lipinski definition) is 2. The van der Waals surface area contributed by atoms with Crippen LogP contribution >= 0.6 is 0 Å². The van der Waals surface area contributed by atoms with Crippen molar-refractivity contribution in [3.05, 3.63) is 58.6 Å². The molecule has 0 radical (unpaired) electrons. The number of nitro groups is 1. The normalized spacial score (nSPS) is 15.1. The van der Waals surface area contributed by atoms with Gasteiger partial charge in [-0.2, -0.15) is 0 Å². The Hall–Kier alpha value is -3.09. The summed E-state index contributed by atoms with van der Waals surface area (Å²) in [5.74, 6) is -0.205. The zero-order valence-corrected chi connectivity index (χ0v) is 15.4. The molecule has 0 aromatic heterocycles. The molecule has 1 fully saturated rings. The predicted molar refractivity (Wildman–Crippen MR) is 107 cm³/mol. The van der Waals surface area contributed by atoms with Crippen LogP contribution in [0.2, 0.25) is 0 Å². The molecule has 1 heterocycles. The van der Waals surface area contributed by atoms with Crippen LogP contribution < -0.4 is 15.5 Å². The van der Waals surface area contributed by atoms with Crippen LogP contribution in [0.5, 0.6) is 0 Å². The van der Waals surface area contributed by atoms with Gasteiger partial charge < -0.3 is 15.5 Å². The van der Waals surface area contributed by atoms with Crippen molar-refractivity contribution in [2.24, 2.45) is 0 Å². The van der Waals surface area contributed by atoms with Gasteiger partial charge in [0.15, 0.2) is 0 Å². The van der Waals surface area contributed by atoms with Crippen molar-refractivity contribution in [2.75, 3.05) is 28.6 Å². The van der Waals surface area contributed by atoms with E-state index in [1.807, 2.05) is 12.1 Å². The lowest BCUT2D eigenvalue weighted by Gasteiger charge is -2.29. The number of nitrogens with one attached hydrogen (secondary N) is 2. The number of amides is 1. The average Bonchev–Trinajstić information content (AvgIpc) is 2.69. The molecular weight excluding hydrogens is 344 g/mol. The van der Waals surface area contributed by atoms with Crippen LogP contribution in [0.4, 0.5) is 22.7 Å². The molecular formula is C20H24N4O3. The van der Waals surface area contributed by atoms with Gasteiger partial charge in [0.25, 0.3) is 5.69 Å². The van der Waals surface area contributed by atoms with Crippen molar-refractivity contribution >= 4 is 28.7 Å². The van der Waals surface area contributed by atoms with Crippen molar-refractivity contribution < 1.29 is 9.72 Å². The zero-order chi connectivity index (χ0) is 19.2. The maximum Gasteiger partial charge on any atom is 0.269 e. The molecule has 7 nitrogen and oxygen atoms in total. The van der Waals surface area contributed by atoms with Crippen LogP contribution in [0.15, 0.2) is 48.5 Å². The topological polar surface area (TPSA) is 87.5 Å². The van der Waals surface area contributed by atoms with Crippen molar-refractivity contribution in [1.82, 2.24) is 0 Å². The summed E-state index contributed by atoms with van der Waals surface area (Å²) < 4.78 is 0. The number of benzene rings is 2. The molecule has 0 saturated carbocycles. The standard InChI is InChI=1S/C20H24N4O3/c1-15(20(25)22-17-7-11-19(12-8-17)24(26)27)21-16-5-9-18(10-6-16)23-13-3-2-4-14-23/h5-12,15,21H,2-4,13-14H2,1H3,(H,22,25)/t15-/m1/s1. The van der Waals surface area contributed by atoms with Crippen molar-refractivity contribution in [3.63, 3.8) is 0 Å². The highest BCUT2D eigenvalue weighted by Crippen LogP contribution is 2.22.